The molecule has 9 nitrogen and oxygen atoms in total. The quantitative estimate of drug-likeness (QED) is 0.522. The van der Waals surface area contributed by atoms with Crippen LogP contribution in [-0.4, -0.2) is 42.6 Å². The van der Waals surface area contributed by atoms with Crippen LogP contribution >= 0.6 is 0 Å². The molecule has 29 heavy (non-hydrogen) atoms. The Balaban J connectivity index is 1.18. The number of piperidine rings is 1. The third-order valence-electron chi connectivity index (χ3n) is 6.10. The highest BCUT2D eigenvalue weighted by Crippen LogP contribution is 2.57. The zero-order chi connectivity index (χ0) is 19.5. The van der Waals surface area contributed by atoms with Gasteiger partial charge in [-0.3, -0.25) is 9.36 Å². The minimum absolute atomic E-state index is 0.170. The molecule has 1 saturated carbocycles. The standard InChI is InChI=1S/C20H19N7O2/c1-12-7-21-27-18(12)20(28)26(11-22-27)10-16-23-19(24-29-16)17-14-8-25(9-15(14)17)13-5-3-2-4-6-13/h2-7,11,14-15,17H,8-10H2,1H3. The number of rotatable bonds is 4. The second-order valence-corrected chi connectivity index (χ2v) is 7.87. The summed E-state index contributed by atoms with van der Waals surface area (Å²) < 4.78 is 8.26. The molecule has 2 atom stereocenters. The topological polar surface area (TPSA) is 94.4 Å². The molecule has 1 aliphatic carbocycles. The van der Waals surface area contributed by atoms with Gasteiger partial charge in [0, 0.05) is 30.3 Å². The second-order valence-electron chi connectivity index (χ2n) is 7.87. The molecule has 9 heteroatoms. The van der Waals surface area contributed by atoms with Crippen LogP contribution in [0.5, 0.6) is 0 Å². The van der Waals surface area contributed by atoms with Crippen molar-refractivity contribution in [3.63, 3.8) is 0 Å². The fourth-order valence-electron chi connectivity index (χ4n) is 4.54. The first-order valence-electron chi connectivity index (χ1n) is 9.71. The van der Waals surface area contributed by atoms with Gasteiger partial charge in [0.2, 0.25) is 5.89 Å². The number of aromatic nitrogens is 6. The molecule has 0 spiro atoms. The van der Waals surface area contributed by atoms with Crippen LogP contribution in [0.25, 0.3) is 5.52 Å². The van der Waals surface area contributed by atoms with Crippen molar-refractivity contribution in [3.05, 3.63) is 70.5 Å². The van der Waals surface area contributed by atoms with Crippen molar-refractivity contribution in [3.8, 4) is 0 Å². The molecule has 2 unspecified atom stereocenters. The summed E-state index contributed by atoms with van der Waals surface area (Å²) in [5.41, 5.74) is 2.35. The second kappa shape index (κ2) is 6.00. The van der Waals surface area contributed by atoms with E-state index < -0.39 is 0 Å². The third-order valence-corrected chi connectivity index (χ3v) is 6.10. The van der Waals surface area contributed by atoms with Gasteiger partial charge >= 0.3 is 0 Å². The Labute approximate surface area is 165 Å². The Bertz CT molecular complexity index is 1250. The molecule has 2 aliphatic rings. The number of para-hydroxylation sites is 1. The van der Waals surface area contributed by atoms with Gasteiger partial charge in [-0.25, -0.2) is 0 Å². The van der Waals surface area contributed by atoms with Gasteiger partial charge in [-0.05, 0) is 30.9 Å². The Morgan fingerprint density at radius 2 is 1.93 bits per heavy atom. The average Bonchev–Trinajstić information content (AvgIpc) is 3.16. The fourth-order valence-corrected chi connectivity index (χ4v) is 4.54. The van der Waals surface area contributed by atoms with E-state index in [-0.39, 0.29) is 12.1 Å². The van der Waals surface area contributed by atoms with E-state index in [9.17, 15) is 4.79 Å². The van der Waals surface area contributed by atoms with E-state index in [4.69, 9.17) is 4.52 Å². The highest BCUT2D eigenvalue weighted by atomic mass is 16.5. The van der Waals surface area contributed by atoms with Crippen molar-refractivity contribution in [1.29, 1.82) is 0 Å². The summed E-state index contributed by atoms with van der Waals surface area (Å²) >= 11 is 0. The minimum Gasteiger partial charge on any atom is -0.371 e. The van der Waals surface area contributed by atoms with Gasteiger partial charge in [-0.1, -0.05) is 23.4 Å². The molecule has 0 radical (unpaired) electrons. The van der Waals surface area contributed by atoms with E-state index in [0.717, 1.165) is 24.5 Å². The summed E-state index contributed by atoms with van der Waals surface area (Å²) in [5.74, 6) is 2.66. The predicted molar refractivity (Wildman–Crippen MR) is 104 cm³/mol. The minimum atomic E-state index is -0.170. The number of hydrogen-bond donors (Lipinski definition) is 0. The van der Waals surface area contributed by atoms with Gasteiger partial charge < -0.3 is 9.42 Å². The Morgan fingerprint density at radius 1 is 1.14 bits per heavy atom. The molecule has 3 aromatic heterocycles. The molecule has 1 saturated heterocycles. The van der Waals surface area contributed by atoms with Gasteiger partial charge in [0.15, 0.2) is 11.3 Å². The number of benzene rings is 1. The van der Waals surface area contributed by atoms with E-state index in [1.54, 1.807) is 6.20 Å². The van der Waals surface area contributed by atoms with Crippen LogP contribution in [0, 0.1) is 18.8 Å². The van der Waals surface area contributed by atoms with E-state index in [1.165, 1.54) is 21.2 Å². The molecular formula is C20H19N7O2. The lowest BCUT2D eigenvalue weighted by Gasteiger charge is -2.21. The van der Waals surface area contributed by atoms with Crippen LogP contribution in [-0.2, 0) is 6.54 Å². The van der Waals surface area contributed by atoms with E-state index in [2.05, 4.69) is 49.5 Å². The van der Waals surface area contributed by atoms with Gasteiger partial charge in [-0.2, -0.15) is 10.1 Å². The van der Waals surface area contributed by atoms with Crippen LogP contribution in [0.1, 0.15) is 23.2 Å². The lowest BCUT2D eigenvalue weighted by atomic mass is 10.2. The van der Waals surface area contributed by atoms with Gasteiger partial charge in [0.05, 0.1) is 6.20 Å². The molecule has 1 aliphatic heterocycles. The number of anilines is 1. The van der Waals surface area contributed by atoms with Crippen molar-refractivity contribution in [2.45, 2.75) is 19.4 Å². The third kappa shape index (κ3) is 2.57. The lowest BCUT2D eigenvalue weighted by Crippen LogP contribution is -2.24. The number of fused-ring (bicyclic) bond motifs is 2. The Kier molecular flexibility index (Phi) is 3.41. The molecule has 4 aromatic rings. The highest BCUT2D eigenvalue weighted by molar-refractivity contribution is 5.50. The first kappa shape index (κ1) is 16.5. The van der Waals surface area contributed by atoms with Gasteiger partial charge in [0.25, 0.3) is 5.56 Å². The van der Waals surface area contributed by atoms with Crippen LogP contribution < -0.4 is 10.5 Å². The monoisotopic (exact) mass is 389 g/mol. The zero-order valence-corrected chi connectivity index (χ0v) is 15.8. The first-order chi connectivity index (χ1) is 14.2. The Hall–Kier alpha value is -3.49. The highest BCUT2D eigenvalue weighted by Gasteiger charge is 2.58. The van der Waals surface area contributed by atoms with Crippen molar-refractivity contribution in [2.75, 3.05) is 18.0 Å². The van der Waals surface area contributed by atoms with Crippen molar-refractivity contribution < 1.29 is 4.52 Å². The molecule has 6 rings (SSSR count). The molecular weight excluding hydrogens is 370 g/mol. The average molecular weight is 389 g/mol. The molecule has 0 amide bonds. The van der Waals surface area contributed by atoms with Crippen LogP contribution in [0.2, 0.25) is 0 Å². The van der Waals surface area contributed by atoms with Crippen LogP contribution in [0.4, 0.5) is 5.69 Å². The van der Waals surface area contributed by atoms with Gasteiger partial charge in [0.1, 0.15) is 12.9 Å². The summed E-state index contributed by atoms with van der Waals surface area (Å²) in [6, 6.07) is 10.5. The van der Waals surface area contributed by atoms with Gasteiger partial charge in [-0.15, -0.1) is 9.73 Å². The van der Waals surface area contributed by atoms with Crippen LogP contribution in [0.15, 0.2) is 52.2 Å². The predicted octanol–water partition coefficient (Wildman–Crippen LogP) is 1.48. The van der Waals surface area contributed by atoms with E-state index in [1.807, 2.05) is 13.0 Å². The number of aryl methyl sites for hydroxylation is 1. The first-order valence-corrected chi connectivity index (χ1v) is 9.71. The van der Waals surface area contributed by atoms with Crippen molar-refractivity contribution in [1.82, 2.24) is 29.5 Å². The molecule has 146 valence electrons. The molecule has 0 bridgehead atoms. The largest absolute Gasteiger partial charge is 0.371 e. The molecule has 4 heterocycles. The fraction of sp³-hybridized carbons (Fsp3) is 0.350. The van der Waals surface area contributed by atoms with Crippen LogP contribution in [0.3, 0.4) is 0 Å². The summed E-state index contributed by atoms with van der Waals surface area (Å²) in [6.07, 6.45) is 3.08. The summed E-state index contributed by atoms with van der Waals surface area (Å²) in [6.45, 7) is 4.08. The van der Waals surface area contributed by atoms with E-state index in [0.29, 0.717) is 29.2 Å². The number of hydrogen-bond acceptors (Lipinski definition) is 7. The van der Waals surface area contributed by atoms with Crippen molar-refractivity contribution >= 4 is 11.2 Å². The lowest BCUT2D eigenvalue weighted by molar-refractivity contribution is 0.363. The van der Waals surface area contributed by atoms with E-state index >= 15 is 0 Å². The summed E-state index contributed by atoms with van der Waals surface area (Å²) in [7, 11) is 0. The van der Waals surface area contributed by atoms with Crippen molar-refractivity contribution in [2.24, 2.45) is 11.8 Å². The zero-order valence-electron chi connectivity index (χ0n) is 15.8. The Morgan fingerprint density at radius 3 is 2.72 bits per heavy atom. The molecule has 1 aromatic carbocycles. The maximum atomic E-state index is 12.7. The summed E-state index contributed by atoms with van der Waals surface area (Å²) in [4.78, 5) is 19.7. The SMILES string of the molecule is Cc1cnn2ncn(Cc3nc(C4C5CN(c6ccccc6)CC54)no3)c(=O)c12. The smallest absolute Gasteiger partial charge is 0.280 e. The molecule has 0 N–H and O–H groups in total. The number of nitrogens with zero attached hydrogens (tertiary/aromatic N) is 7. The molecule has 2 fully saturated rings. The normalized spacial score (nSPS) is 22.9. The summed E-state index contributed by atoms with van der Waals surface area (Å²) in [5, 5.41) is 12.4. The maximum absolute atomic E-state index is 12.7. The maximum Gasteiger partial charge on any atom is 0.280 e.